The first-order chi connectivity index (χ1) is 34.7. The molecule has 0 amide bonds. The minimum atomic E-state index is -1.82. The van der Waals surface area contributed by atoms with Crippen LogP contribution in [-0.4, -0.2) is 241 Å². The van der Waals surface area contributed by atoms with Gasteiger partial charge in [-0.05, 0) is 27.7 Å². The Balaban J connectivity index is 1.24. The van der Waals surface area contributed by atoms with Gasteiger partial charge in [0.1, 0.15) is 91.6 Å². The summed E-state index contributed by atoms with van der Waals surface area (Å²) < 4.78 is 66.0. The second kappa shape index (κ2) is 30.2. The van der Waals surface area contributed by atoms with E-state index in [0.717, 1.165) is 11.1 Å². The molecule has 0 saturated carbocycles. The summed E-state index contributed by atoms with van der Waals surface area (Å²) in [4.78, 5) is 25.9. The fourth-order valence-corrected chi connectivity index (χ4v) is 8.06. The zero-order chi connectivity index (χ0) is 54.1. The van der Waals surface area contributed by atoms with Gasteiger partial charge in [0.2, 0.25) is 12.6 Å². The molecule has 0 aromatic rings. The quantitative estimate of drug-likeness (QED) is 0.0312. The lowest BCUT2D eigenvalue weighted by atomic mass is 9.98. The highest BCUT2D eigenvalue weighted by molar-refractivity contribution is 5.88. The monoisotopic (exact) mass is 1050 g/mol. The molecule has 12 unspecified atom stereocenters. The van der Waals surface area contributed by atoms with Crippen molar-refractivity contribution in [3.05, 3.63) is 83.1 Å². The third kappa shape index (κ3) is 16.9. The van der Waals surface area contributed by atoms with Crippen LogP contribution >= 0.6 is 0 Å². The van der Waals surface area contributed by atoms with Crippen molar-refractivity contribution in [3.63, 3.8) is 0 Å². The predicted octanol–water partition coefficient (Wildman–Crippen LogP) is -2.22. The first kappa shape index (κ1) is 61.9. The molecule has 20 atom stereocenters. The number of hydrogen-bond donors (Lipinski definition) is 10. The summed E-state index contributed by atoms with van der Waals surface area (Å²) in [7, 11) is 5.51. The van der Waals surface area contributed by atoms with Gasteiger partial charge in [0.25, 0.3) is 0 Å². The Morgan fingerprint density at radius 2 is 0.877 bits per heavy atom. The van der Waals surface area contributed by atoms with Gasteiger partial charge in [-0.25, -0.2) is 9.59 Å². The van der Waals surface area contributed by atoms with Crippen molar-refractivity contribution in [1.82, 2.24) is 0 Å². The molecule has 0 spiro atoms. The molecule has 4 aliphatic heterocycles. The molecule has 4 rings (SSSR count). The predicted molar refractivity (Wildman–Crippen MR) is 251 cm³/mol. The maximum absolute atomic E-state index is 12.9. The molecule has 10 N–H and O–H groups in total. The molecule has 0 radical (unpaired) electrons. The van der Waals surface area contributed by atoms with E-state index >= 15 is 0 Å². The minimum absolute atomic E-state index is 0.0178. The van der Waals surface area contributed by atoms with Crippen LogP contribution in [0.25, 0.3) is 0 Å². The highest BCUT2D eigenvalue weighted by Crippen LogP contribution is 2.30. The van der Waals surface area contributed by atoms with Crippen molar-refractivity contribution in [3.8, 4) is 0 Å². The number of carbonyl (C=O) groups excluding carboxylic acids is 2. The maximum atomic E-state index is 12.9. The molecular weight excluding hydrogens is 973 g/mol. The van der Waals surface area contributed by atoms with Crippen molar-refractivity contribution in [1.29, 1.82) is 0 Å². The molecule has 4 heterocycles. The number of methoxy groups -OCH3 is 4. The highest BCUT2D eigenvalue weighted by atomic mass is 16.8. The Bertz CT molecular complexity index is 1950. The molecule has 0 aromatic carbocycles. The summed E-state index contributed by atoms with van der Waals surface area (Å²) in [6.07, 6.45) is -10.3. The Kier molecular flexibility index (Phi) is 25.6. The van der Waals surface area contributed by atoms with Gasteiger partial charge in [-0.3, -0.25) is 0 Å². The van der Waals surface area contributed by atoms with E-state index in [9.17, 15) is 60.7 Å². The van der Waals surface area contributed by atoms with E-state index in [4.69, 9.17) is 56.8 Å². The second-order valence-electron chi connectivity index (χ2n) is 17.8. The van der Waals surface area contributed by atoms with Crippen LogP contribution in [0.1, 0.15) is 34.1 Å². The molecule has 0 aliphatic carbocycles. The smallest absolute Gasteiger partial charge is 0.336 e. The molecule has 0 bridgehead atoms. The average molecular weight is 1050 g/mol. The van der Waals surface area contributed by atoms with Gasteiger partial charge >= 0.3 is 11.9 Å². The number of rotatable bonds is 22. The van der Waals surface area contributed by atoms with Gasteiger partial charge in [0, 0.05) is 46.0 Å². The van der Waals surface area contributed by atoms with E-state index < -0.39 is 161 Å². The van der Waals surface area contributed by atoms with Gasteiger partial charge in [-0.15, -0.1) is 0 Å². The van der Waals surface area contributed by atoms with Crippen LogP contribution in [0, 0.1) is 0 Å². The van der Waals surface area contributed by atoms with Gasteiger partial charge < -0.3 is 108 Å². The largest absolute Gasteiger partial charge is 0.429 e. The number of esters is 2. The van der Waals surface area contributed by atoms with E-state index in [-0.39, 0.29) is 17.6 Å². The van der Waals surface area contributed by atoms with E-state index in [1.807, 2.05) is 13.8 Å². The molecule has 73 heavy (non-hydrogen) atoms. The van der Waals surface area contributed by atoms with Crippen LogP contribution in [0.5, 0.6) is 0 Å². The lowest BCUT2D eigenvalue weighted by Gasteiger charge is -2.44. The Morgan fingerprint density at radius 1 is 0.466 bits per heavy atom. The number of carbonyl (C=O) groups is 2. The lowest BCUT2D eigenvalue weighted by Crippen LogP contribution is -2.62. The minimum Gasteiger partial charge on any atom is -0.429 e. The van der Waals surface area contributed by atoms with Crippen LogP contribution in [0.3, 0.4) is 0 Å². The molecule has 0 aromatic heterocycles. The number of hydrogen-bond acceptors (Lipinski definition) is 24. The molecule has 414 valence electrons. The zero-order valence-corrected chi connectivity index (χ0v) is 42.0. The van der Waals surface area contributed by atoms with Gasteiger partial charge in [0.05, 0.1) is 32.5 Å². The van der Waals surface area contributed by atoms with Crippen LogP contribution in [0.2, 0.25) is 0 Å². The van der Waals surface area contributed by atoms with Crippen molar-refractivity contribution in [2.24, 2.45) is 0 Å². The fourth-order valence-electron chi connectivity index (χ4n) is 8.06. The van der Waals surface area contributed by atoms with Crippen molar-refractivity contribution < 1.29 is 117 Å². The normalized spacial score (nSPS) is 38.5. The van der Waals surface area contributed by atoms with Crippen LogP contribution in [-0.2, 0) is 66.4 Å². The van der Waals surface area contributed by atoms with E-state index in [2.05, 4.69) is 0 Å². The summed E-state index contributed by atoms with van der Waals surface area (Å²) in [6, 6.07) is 0. The van der Waals surface area contributed by atoms with Crippen molar-refractivity contribution >= 4 is 11.9 Å². The van der Waals surface area contributed by atoms with Gasteiger partial charge in [-0.1, -0.05) is 71.9 Å². The first-order valence-corrected chi connectivity index (χ1v) is 23.5. The number of aliphatic hydroxyl groups is 10. The molecule has 4 saturated heterocycles. The summed E-state index contributed by atoms with van der Waals surface area (Å²) in [6.45, 7) is 4.61. The SMILES string of the molecule is COC1CC(O)[C@H](OCC2O[C@@H](OC(=O)/C(C)=C/C=C/C(C)=C/C=C/C=C(C)/C=C/C=C(\C)C(=O)O[C@@H]3OC(CO[C@@H]4OC(CO)[C@@H](OC)C(OC)C4O)[C@@H](O)C(O)C3O)C(O)C(O)[C@@H]2O)OC(CO)[C@H]1OC. The molecule has 4 fully saturated rings. The molecular formula is C49H74O24. The molecule has 4 aliphatic rings. The van der Waals surface area contributed by atoms with E-state index in [1.165, 1.54) is 54.4 Å². The maximum Gasteiger partial charge on any atom is 0.336 e. The molecule has 24 heteroatoms. The van der Waals surface area contributed by atoms with E-state index in [1.54, 1.807) is 48.6 Å². The highest BCUT2D eigenvalue weighted by Gasteiger charge is 2.50. The Labute approximate surface area is 423 Å². The second-order valence-corrected chi connectivity index (χ2v) is 17.8. The first-order valence-electron chi connectivity index (χ1n) is 23.5. The zero-order valence-electron chi connectivity index (χ0n) is 42.0. The van der Waals surface area contributed by atoms with Crippen LogP contribution in [0.4, 0.5) is 0 Å². The van der Waals surface area contributed by atoms with Crippen molar-refractivity contribution in [2.75, 3.05) is 54.9 Å². The summed E-state index contributed by atoms with van der Waals surface area (Å²) in [5.41, 5.74) is 1.81. The third-order valence-electron chi connectivity index (χ3n) is 12.4. The number of ether oxygens (including phenoxy) is 12. The topological polar surface area (TPSA) is 347 Å². The standard InChI is InChI=1S/C49H74O24/c1-24(15-11-17-26(3)44(60)72-48-38(57)36(55)34(53)32(70-48)22-66-46-28(52)19-29(62-5)41(63-6)30(20-50)68-46)13-9-10-14-25(2)16-12-18-27(4)45(61)73-49-39(58)37(56)35(54)33(71-49)23-67-47-40(59)43(65-8)42(64-7)31(21-51)69-47/h9-18,28-43,46-59H,19-23H2,1-8H3/b10-9+,15-11+,16-12+,24-13+,25-14+,26-17+,27-18+/t28?,29?,30?,31?,32?,33?,34-,35-,36?,37?,38?,39?,40?,41+,42-,43?,46-,47-,48+,49+/m1/s1. The number of aliphatic hydroxyl groups excluding tert-OH is 10. The molecule has 24 nitrogen and oxygen atoms in total. The number of allylic oxidation sites excluding steroid dienone is 12. The lowest BCUT2D eigenvalue weighted by molar-refractivity contribution is -0.330. The summed E-state index contributed by atoms with van der Waals surface area (Å²) >= 11 is 0. The fraction of sp³-hybridized carbons (Fsp3) is 0.673. The van der Waals surface area contributed by atoms with Gasteiger partial charge in [0.15, 0.2) is 12.6 Å². The van der Waals surface area contributed by atoms with Gasteiger partial charge in [-0.2, -0.15) is 0 Å². The van der Waals surface area contributed by atoms with Crippen LogP contribution < -0.4 is 0 Å². The summed E-state index contributed by atoms with van der Waals surface area (Å²) in [5, 5.41) is 104. The third-order valence-corrected chi connectivity index (χ3v) is 12.4. The average Bonchev–Trinajstić information content (AvgIpc) is 3.51. The summed E-state index contributed by atoms with van der Waals surface area (Å²) in [5.74, 6) is -1.78. The Morgan fingerprint density at radius 3 is 1.30 bits per heavy atom. The van der Waals surface area contributed by atoms with Crippen molar-refractivity contribution in [2.45, 2.75) is 157 Å². The van der Waals surface area contributed by atoms with E-state index in [0.29, 0.717) is 0 Å². The van der Waals surface area contributed by atoms with Crippen LogP contribution in [0.15, 0.2) is 83.1 Å². The Hall–Kier alpha value is -3.68.